The summed E-state index contributed by atoms with van der Waals surface area (Å²) in [6, 6.07) is 18.6. The Hall–Kier alpha value is -2.92. The molecular formula is C23H25N3OS. The Morgan fingerprint density at radius 3 is 2.25 bits per heavy atom. The molecule has 0 saturated heterocycles. The predicted molar refractivity (Wildman–Crippen MR) is 119 cm³/mol. The van der Waals surface area contributed by atoms with Crippen molar-refractivity contribution in [3.8, 4) is 5.75 Å². The standard InChI is InChI=1S/C23H25N3OS/c1-17-4-7-19(8-5-17)15-26(16-20-10-12-24-13-11-20)23(28)25-21-9-6-18(2)22(14-21)27-3/h4-14H,15-16H2,1-3H3,(H,25,28). The highest BCUT2D eigenvalue weighted by Gasteiger charge is 2.13. The molecule has 3 aromatic rings. The zero-order valence-electron chi connectivity index (χ0n) is 16.5. The summed E-state index contributed by atoms with van der Waals surface area (Å²) in [5, 5.41) is 4.03. The maximum Gasteiger partial charge on any atom is 0.174 e. The van der Waals surface area contributed by atoms with Gasteiger partial charge >= 0.3 is 0 Å². The van der Waals surface area contributed by atoms with Gasteiger partial charge in [-0.3, -0.25) is 4.98 Å². The van der Waals surface area contributed by atoms with Crippen LogP contribution in [0.4, 0.5) is 5.69 Å². The number of methoxy groups -OCH3 is 1. The molecule has 144 valence electrons. The highest BCUT2D eigenvalue weighted by Crippen LogP contribution is 2.23. The van der Waals surface area contributed by atoms with E-state index in [2.05, 4.69) is 46.4 Å². The maximum absolute atomic E-state index is 5.75. The molecule has 0 amide bonds. The zero-order chi connectivity index (χ0) is 19.9. The molecule has 1 aromatic heterocycles. The first-order valence-corrected chi connectivity index (χ1v) is 9.61. The van der Waals surface area contributed by atoms with Gasteiger partial charge in [0.2, 0.25) is 0 Å². The number of nitrogens with one attached hydrogen (secondary N) is 1. The highest BCUT2D eigenvalue weighted by molar-refractivity contribution is 7.80. The van der Waals surface area contributed by atoms with Crippen molar-refractivity contribution < 1.29 is 4.74 Å². The van der Waals surface area contributed by atoms with Gasteiger partial charge in [-0.25, -0.2) is 0 Å². The number of thiocarbonyl (C=S) groups is 1. The van der Waals surface area contributed by atoms with Crippen LogP contribution in [0.15, 0.2) is 67.0 Å². The monoisotopic (exact) mass is 391 g/mol. The van der Waals surface area contributed by atoms with Crippen molar-refractivity contribution >= 4 is 23.0 Å². The molecule has 0 saturated carbocycles. The first-order chi connectivity index (χ1) is 13.5. The Balaban J connectivity index is 1.80. The van der Waals surface area contributed by atoms with Crippen molar-refractivity contribution in [3.63, 3.8) is 0 Å². The van der Waals surface area contributed by atoms with E-state index < -0.39 is 0 Å². The van der Waals surface area contributed by atoms with E-state index >= 15 is 0 Å². The van der Waals surface area contributed by atoms with E-state index in [1.165, 1.54) is 11.1 Å². The first-order valence-electron chi connectivity index (χ1n) is 9.20. The molecule has 28 heavy (non-hydrogen) atoms. The van der Waals surface area contributed by atoms with Crippen LogP contribution in [-0.4, -0.2) is 22.1 Å². The highest BCUT2D eigenvalue weighted by atomic mass is 32.1. The molecule has 5 heteroatoms. The molecule has 0 atom stereocenters. The van der Waals surface area contributed by atoms with E-state index in [1.807, 2.05) is 37.3 Å². The Bertz CT molecular complexity index is 926. The zero-order valence-corrected chi connectivity index (χ0v) is 17.3. The Labute approximate surface area is 172 Å². The molecule has 0 aliphatic carbocycles. The van der Waals surface area contributed by atoms with Crippen LogP contribution in [0.5, 0.6) is 5.75 Å². The Morgan fingerprint density at radius 2 is 1.61 bits per heavy atom. The smallest absolute Gasteiger partial charge is 0.174 e. The van der Waals surface area contributed by atoms with E-state index in [1.54, 1.807) is 19.5 Å². The maximum atomic E-state index is 5.75. The van der Waals surface area contributed by atoms with Crippen LogP contribution >= 0.6 is 12.2 Å². The number of aromatic nitrogens is 1. The van der Waals surface area contributed by atoms with Gasteiger partial charge in [0.25, 0.3) is 0 Å². The molecule has 0 unspecified atom stereocenters. The largest absolute Gasteiger partial charge is 0.496 e. The van der Waals surface area contributed by atoms with E-state index in [0.717, 1.165) is 29.1 Å². The molecular weight excluding hydrogens is 366 g/mol. The van der Waals surface area contributed by atoms with Gasteiger partial charge in [-0.2, -0.15) is 0 Å². The van der Waals surface area contributed by atoms with Crippen molar-refractivity contribution in [2.24, 2.45) is 0 Å². The average Bonchev–Trinajstić information content (AvgIpc) is 2.71. The molecule has 0 spiro atoms. The van der Waals surface area contributed by atoms with Gasteiger partial charge in [-0.1, -0.05) is 35.9 Å². The number of hydrogen-bond donors (Lipinski definition) is 1. The minimum absolute atomic E-state index is 0.670. The number of nitrogens with zero attached hydrogens (tertiary/aromatic N) is 2. The lowest BCUT2D eigenvalue weighted by atomic mass is 10.1. The fraction of sp³-hybridized carbons (Fsp3) is 0.217. The summed E-state index contributed by atoms with van der Waals surface area (Å²) >= 11 is 5.75. The van der Waals surface area contributed by atoms with Crippen molar-refractivity contribution in [3.05, 3.63) is 89.2 Å². The normalized spacial score (nSPS) is 10.4. The van der Waals surface area contributed by atoms with Crippen LogP contribution in [0.3, 0.4) is 0 Å². The van der Waals surface area contributed by atoms with Gasteiger partial charge in [-0.15, -0.1) is 0 Å². The number of anilines is 1. The summed E-state index contributed by atoms with van der Waals surface area (Å²) in [7, 11) is 1.68. The fourth-order valence-corrected chi connectivity index (χ4v) is 3.17. The Kier molecular flexibility index (Phi) is 6.61. The van der Waals surface area contributed by atoms with E-state index in [0.29, 0.717) is 11.7 Å². The van der Waals surface area contributed by atoms with Crippen LogP contribution in [0, 0.1) is 13.8 Å². The lowest BCUT2D eigenvalue weighted by Gasteiger charge is -2.26. The summed E-state index contributed by atoms with van der Waals surface area (Å²) in [5.41, 5.74) is 5.62. The van der Waals surface area contributed by atoms with Crippen molar-refractivity contribution in [1.82, 2.24) is 9.88 Å². The molecule has 0 aliphatic rings. The second-order valence-electron chi connectivity index (χ2n) is 6.81. The molecule has 3 rings (SSSR count). The molecule has 1 N–H and O–H groups in total. The number of pyridine rings is 1. The van der Waals surface area contributed by atoms with Crippen molar-refractivity contribution in [2.75, 3.05) is 12.4 Å². The second-order valence-corrected chi connectivity index (χ2v) is 7.20. The second kappa shape index (κ2) is 9.33. The summed E-state index contributed by atoms with van der Waals surface area (Å²) in [6.07, 6.45) is 3.61. The molecule has 1 heterocycles. The lowest BCUT2D eigenvalue weighted by Crippen LogP contribution is -2.33. The molecule has 4 nitrogen and oxygen atoms in total. The third-order valence-corrected chi connectivity index (χ3v) is 4.92. The summed E-state index contributed by atoms with van der Waals surface area (Å²) < 4.78 is 5.43. The number of benzene rings is 2. The number of rotatable bonds is 6. The summed E-state index contributed by atoms with van der Waals surface area (Å²) in [6.45, 7) is 5.53. The van der Waals surface area contributed by atoms with Gasteiger partial charge in [-0.05, 0) is 61.0 Å². The SMILES string of the molecule is COc1cc(NC(=S)N(Cc2ccncc2)Cc2ccc(C)cc2)ccc1C. The van der Waals surface area contributed by atoms with Crippen LogP contribution in [0.25, 0.3) is 0 Å². The molecule has 0 radical (unpaired) electrons. The van der Waals surface area contributed by atoms with Crippen molar-refractivity contribution in [1.29, 1.82) is 0 Å². The molecule has 0 bridgehead atoms. The minimum atomic E-state index is 0.670. The Morgan fingerprint density at radius 1 is 0.964 bits per heavy atom. The topological polar surface area (TPSA) is 37.4 Å². The van der Waals surface area contributed by atoms with Gasteiger partial charge in [0.15, 0.2) is 5.11 Å². The third-order valence-electron chi connectivity index (χ3n) is 4.56. The number of hydrogen-bond acceptors (Lipinski definition) is 3. The fourth-order valence-electron chi connectivity index (χ4n) is 2.92. The predicted octanol–water partition coefficient (Wildman–Crippen LogP) is 5.11. The molecule has 0 aliphatic heterocycles. The average molecular weight is 392 g/mol. The summed E-state index contributed by atoms with van der Waals surface area (Å²) in [4.78, 5) is 6.26. The van der Waals surface area contributed by atoms with Gasteiger partial charge in [0.1, 0.15) is 5.75 Å². The lowest BCUT2D eigenvalue weighted by molar-refractivity contribution is 0.410. The number of ether oxygens (including phenoxy) is 1. The minimum Gasteiger partial charge on any atom is -0.496 e. The third kappa shape index (κ3) is 5.30. The van der Waals surface area contributed by atoms with Crippen LogP contribution < -0.4 is 10.1 Å². The van der Waals surface area contributed by atoms with Crippen LogP contribution in [-0.2, 0) is 13.1 Å². The van der Waals surface area contributed by atoms with Crippen LogP contribution in [0.1, 0.15) is 22.3 Å². The first kappa shape index (κ1) is 19.8. The molecule has 2 aromatic carbocycles. The van der Waals surface area contributed by atoms with Gasteiger partial charge < -0.3 is 15.0 Å². The van der Waals surface area contributed by atoms with Gasteiger partial charge in [0, 0.05) is 37.2 Å². The van der Waals surface area contributed by atoms with E-state index in [-0.39, 0.29) is 0 Å². The summed E-state index contributed by atoms with van der Waals surface area (Å²) in [5.74, 6) is 0.840. The van der Waals surface area contributed by atoms with E-state index in [9.17, 15) is 0 Å². The molecule has 0 fully saturated rings. The van der Waals surface area contributed by atoms with E-state index in [4.69, 9.17) is 17.0 Å². The van der Waals surface area contributed by atoms with Crippen molar-refractivity contribution in [2.45, 2.75) is 26.9 Å². The quantitative estimate of drug-likeness (QED) is 0.591. The van der Waals surface area contributed by atoms with Crippen LogP contribution in [0.2, 0.25) is 0 Å². The number of aryl methyl sites for hydroxylation is 2. The van der Waals surface area contributed by atoms with Gasteiger partial charge in [0.05, 0.1) is 7.11 Å².